The molecule has 1 aliphatic carbocycles. The Kier molecular flexibility index (Phi) is 5.87. The first-order chi connectivity index (χ1) is 11.3. The number of rotatable bonds is 6. The number of ether oxygens (including phenoxy) is 1. The molecule has 1 saturated heterocycles. The summed E-state index contributed by atoms with van der Waals surface area (Å²) >= 11 is 0. The van der Waals surface area contributed by atoms with Crippen molar-refractivity contribution in [3.8, 4) is 0 Å². The molecular weight excluding hydrogens is 292 g/mol. The molecule has 2 aliphatic rings. The van der Waals surface area contributed by atoms with E-state index in [0.717, 1.165) is 51.0 Å². The Morgan fingerprint density at radius 2 is 1.87 bits per heavy atom. The van der Waals surface area contributed by atoms with E-state index >= 15 is 0 Å². The predicted molar refractivity (Wildman–Crippen MR) is 92.7 cm³/mol. The first-order valence-electron chi connectivity index (χ1n) is 8.74. The molecule has 0 amide bonds. The van der Waals surface area contributed by atoms with Gasteiger partial charge in [0.2, 0.25) is 0 Å². The fraction of sp³-hybridized carbons (Fsp3) is 0.750. The molecule has 0 atom stereocenters. The van der Waals surface area contributed by atoms with Crippen LogP contribution in [0.2, 0.25) is 0 Å². The minimum Gasteiger partial charge on any atom is -0.393 e. The molecule has 23 heavy (non-hydrogen) atoms. The van der Waals surface area contributed by atoms with E-state index in [1.807, 2.05) is 0 Å². The third-order valence-corrected chi connectivity index (χ3v) is 4.65. The summed E-state index contributed by atoms with van der Waals surface area (Å²) in [5.41, 5.74) is 6.86. The van der Waals surface area contributed by atoms with E-state index in [0.29, 0.717) is 11.7 Å². The molecule has 0 unspecified atom stereocenters. The number of nitrogens with zero attached hydrogens (tertiary/aromatic N) is 3. The van der Waals surface area contributed by atoms with Crippen LogP contribution in [0.5, 0.6) is 0 Å². The monoisotopic (exact) mass is 320 g/mol. The predicted octanol–water partition coefficient (Wildman–Crippen LogP) is 1.55. The highest BCUT2D eigenvalue weighted by molar-refractivity contribution is 5.74. The van der Waals surface area contributed by atoms with Crippen LogP contribution in [0, 0.1) is 0 Å². The molecule has 0 bridgehead atoms. The number of nitrogens with one attached hydrogen (secondary N) is 2. The van der Waals surface area contributed by atoms with E-state index in [4.69, 9.17) is 10.5 Å². The summed E-state index contributed by atoms with van der Waals surface area (Å²) in [7, 11) is 0. The van der Waals surface area contributed by atoms with Crippen molar-refractivity contribution in [2.75, 3.05) is 55.8 Å². The molecular formula is C16H28N6O. The minimum absolute atomic E-state index is 0.488. The van der Waals surface area contributed by atoms with Crippen molar-refractivity contribution in [3.05, 3.63) is 6.33 Å². The van der Waals surface area contributed by atoms with Gasteiger partial charge in [-0.25, -0.2) is 9.97 Å². The molecule has 1 aliphatic heterocycles. The van der Waals surface area contributed by atoms with Crippen LogP contribution in [-0.4, -0.2) is 60.3 Å². The maximum absolute atomic E-state index is 6.24. The number of aromatic nitrogens is 2. The average molecular weight is 320 g/mol. The molecule has 2 heterocycles. The summed E-state index contributed by atoms with van der Waals surface area (Å²) in [5, 5.41) is 6.83. The van der Waals surface area contributed by atoms with Crippen LogP contribution in [0.25, 0.3) is 0 Å². The highest BCUT2D eigenvalue weighted by Gasteiger charge is 2.16. The Bertz CT molecular complexity index is 485. The zero-order chi connectivity index (χ0) is 15.9. The quantitative estimate of drug-likeness (QED) is 0.733. The van der Waals surface area contributed by atoms with Crippen LogP contribution in [0.3, 0.4) is 0 Å². The first kappa shape index (κ1) is 16.3. The number of nitrogens with two attached hydrogens (primary N) is 1. The van der Waals surface area contributed by atoms with Crippen molar-refractivity contribution in [1.29, 1.82) is 0 Å². The lowest BCUT2D eigenvalue weighted by Crippen LogP contribution is -2.39. The summed E-state index contributed by atoms with van der Waals surface area (Å²) in [6.07, 6.45) is 7.89. The molecule has 7 nitrogen and oxygen atoms in total. The van der Waals surface area contributed by atoms with Crippen molar-refractivity contribution in [2.45, 2.75) is 38.1 Å². The Morgan fingerprint density at radius 1 is 1.13 bits per heavy atom. The SMILES string of the molecule is Nc1c(NCCN2CCOCC2)ncnc1NC1CCCCC1. The molecule has 1 saturated carbocycles. The van der Waals surface area contributed by atoms with Crippen molar-refractivity contribution in [1.82, 2.24) is 14.9 Å². The van der Waals surface area contributed by atoms with Crippen LogP contribution in [0.4, 0.5) is 17.3 Å². The number of anilines is 3. The Hall–Kier alpha value is -1.60. The second-order valence-electron chi connectivity index (χ2n) is 6.34. The number of hydrogen-bond donors (Lipinski definition) is 3. The lowest BCUT2D eigenvalue weighted by Gasteiger charge is -2.27. The highest BCUT2D eigenvalue weighted by atomic mass is 16.5. The molecule has 7 heteroatoms. The second kappa shape index (κ2) is 8.31. The topological polar surface area (TPSA) is 88.3 Å². The molecule has 4 N–H and O–H groups in total. The average Bonchev–Trinajstić information content (AvgIpc) is 2.60. The van der Waals surface area contributed by atoms with E-state index < -0.39 is 0 Å². The Morgan fingerprint density at radius 3 is 2.65 bits per heavy atom. The summed E-state index contributed by atoms with van der Waals surface area (Å²) in [5.74, 6) is 1.49. The maximum Gasteiger partial charge on any atom is 0.155 e. The third-order valence-electron chi connectivity index (χ3n) is 4.65. The maximum atomic E-state index is 6.24. The largest absolute Gasteiger partial charge is 0.393 e. The van der Waals surface area contributed by atoms with Gasteiger partial charge in [-0.15, -0.1) is 0 Å². The number of hydrogen-bond acceptors (Lipinski definition) is 7. The molecule has 128 valence electrons. The van der Waals surface area contributed by atoms with Gasteiger partial charge in [0.25, 0.3) is 0 Å². The molecule has 1 aromatic heterocycles. The van der Waals surface area contributed by atoms with E-state index in [1.165, 1.54) is 32.1 Å². The number of morpholine rings is 1. The highest BCUT2D eigenvalue weighted by Crippen LogP contribution is 2.26. The zero-order valence-corrected chi connectivity index (χ0v) is 13.8. The van der Waals surface area contributed by atoms with Gasteiger partial charge in [0.1, 0.15) is 12.0 Å². The standard InChI is InChI=1S/C16H28N6O/c17-14-15(18-6-7-22-8-10-23-11-9-22)19-12-20-16(14)21-13-4-2-1-3-5-13/h12-13H,1-11,17H2,(H2,18,19,20,21). The summed E-state index contributed by atoms with van der Waals surface area (Å²) in [6, 6.07) is 0.488. The van der Waals surface area contributed by atoms with Crippen molar-refractivity contribution in [3.63, 3.8) is 0 Å². The van der Waals surface area contributed by atoms with Crippen LogP contribution in [0.1, 0.15) is 32.1 Å². The molecule has 2 fully saturated rings. The molecule has 0 aromatic carbocycles. The Labute approximate surface area is 138 Å². The fourth-order valence-corrected chi connectivity index (χ4v) is 3.25. The minimum atomic E-state index is 0.488. The van der Waals surface area contributed by atoms with Crippen LogP contribution < -0.4 is 16.4 Å². The van der Waals surface area contributed by atoms with E-state index in [2.05, 4.69) is 25.5 Å². The van der Waals surface area contributed by atoms with Gasteiger partial charge in [-0.3, -0.25) is 4.90 Å². The smallest absolute Gasteiger partial charge is 0.155 e. The van der Waals surface area contributed by atoms with Crippen LogP contribution in [0.15, 0.2) is 6.33 Å². The van der Waals surface area contributed by atoms with E-state index in [9.17, 15) is 0 Å². The van der Waals surface area contributed by atoms with Gasteiger partial charge in [-0.2, -0.15) is 0 Å². The zero-order valence-electron chi connectivity index (χ0n) is 13.8. The second-order valence-corrected chi connectivity index (χ2v) is 6.34. The van der Waals surface area contributed by atoms with E-state index in [-0.39, 0.29) is 0 Å². The van der Waals surface area contributed by atoms with Crippen molar-refractivity contribution in [2.24, 2.45) is 0 Å². The van der Waals surface area contributed by atoms with Gasteiger partial charge in [0.05, 0.1) is 13.2 Å². The molecule has 3 rings (SSSR count). The van der Waals surface area contributed by atoms with Gasteiger partial charge >= 0.3 is 0 Å². The number of nitrogen functional groups attached to an aromatic ring is 1. The Balaban J connectivity index is 1.51. The molecule has 1 aromatic rings. The lowest BCUT2D eigenvalue weighted by atomic mass is 9.95. The normalized spacial score (nSPS) is 20.3. The van der Waals surface area contributed by atoms with E-state index in [1.54, 1.807) is 6.33 Å². The van der Waals surface area contributed by atoms with Gasteiger partial charge < -0.3 is 21.1 Å². The van der Waals surface area contributed by atoms with Crippen molar-refractivity contribution < 1.29 is 4.74 Å². The lowest BCUT2D eigenvalue weighted by molar-refractivity contribution is 0.0398. The van der Waals surface area contributed by atoms with Gasteiger partial charge in [0.15, 0.2) is 11.6 Å². The molecule has 0 radical (unpaired) electrons. The fourth-order valence-electron chi connectivity index (χ4n) is 3.25. The third kappa shape index (κ3) is 4.68. The summed E-state index contributed by atoms with van der Waals surface area (Å²) < 4.78 is 5.36. The van der Waals surface area contributed by atoms with Gasteiger partial charge in [-0.1, -0.05) is 19.3 Å². The van der Waals surface area contributed by atoms with Crippen LogP contribution >= 0.6 is 0 Å². The van der Waals surface area contributed by atoms with Gasteiger partial charge in [-0.05, 0) is 12.8 Å². The first-order valence-corrected chi connectivity index (χ1v) is 8.74. The molecule has 0 spiro atoms. The summed E-state index contributed by atoms with van der Waals surface area (Å²) in [4.78, 5) is 11.0. The van der Waals surface area contributed by atoms with Crippen LogP contribution in [-0.2, 0) is 4.74 Å². The summed E-state index contributed by atoms with van der Waals surface area (Å²) in [6.45, 7) is 5.43. The van der Waals surface area contributed by atoms with Gasteiger partial charge in [0, 0.05) is 32.2 Å². The van der Waals surface area contributed by atoms with Crippen molar-refractivity contribution >= 4 is 17.3 Å².